The molecule has 0 bridgehead atoms. The van der Waals surface area contributed by atoms with Crippen molar-refractivity contribution in [3.8, 4) is 0 Å². The Morgan fingerprint density at radius 3 is 2.60 bits per heavy atom. The number of anilines is 1. The average molecular weight is 439 g/mol. The molecule has 1 atom stereocenters. The molecule has 158 valence electrons. The van der Waals surface area contributed by atoms with Crippen LogP contribution in [0.5, 0.6) is 0 Å². The predicted molar refractivity (Wildman–Crippen MR) is 103 cm³/mol. The van der Waals surface area contributed by atoms with E-state index in [1.807, 2.05) is 30.3 Å². The van der Waals surface area contributed by atoms with Crippen molar-refractivity contribution in [2.45, 2.75) is 44.4 Å². The van der Waals surface area contributed by atoms with Gasteiger partial charge in [0.1, 0.15) is 12.4 Å². The van der Waals surface area contributed by atoms with Crippen LogP contribution in [-0.4, -0.2) is 30.5 Å². The number of carbonyl (C=O) groups is 1. The van der Waals surface area contributed by atoms with Crippen LogP contribution in [-0.2, 0) is 17.5 Å². The van der Waals surface area contributed by atoms with Crippen LogP contribution >= 0.6 is 11.6 Å². The van der Waals surface area contributed by atoms with E-state index in [-0.39, 0.29) is 17.6 Å². The standard InChI is InChI=1S/C19H18ClF3N6O/c1-11(29-15(13-7-8-13)14(20)16(26-29)19(21,22)23)17(30)25-18-24-10-28(27-18)9-12-5-3-2-4-6-12/h2-6,10-11,13H,7-9H2,1H3,(H,25,27,30). The Labute approximate surface area is 174 Å². The van der Waals surface area contributed by atoms with Crippen LogP contribution in [0, 0.1) is 0 Å². The first kappa shape index (κ1) is 20.4. The van der Waals surface area contributed by atoms with Crippen LogP contribution in [0.3, 0.4) is 0 Å². The lowest BCUT2D eigenvalue weighted by atomic mass is 10.2. The van der Waals surface area contributed by atoms with E-state index in [4.69, 9.17) is 11.6 Å². The first-order valence-electron chi connectivity index (χ1n) is 9.33. The van der Waals surface area contributed by atoms with Crippen molar-refractivity contribution < 1.29 is 18.0 Å². The normalized spacial score (nSPS) is 15.2. The lowest BCUT2D eigenvalue weighted by molar-refractivity contribution is -0.141. The Balaban J connectivity index is 1.51. The largest absolute Gasteiger partial charge is 0.436 e. The van der Waals surface area contributed by atoms with Crippen LogP contribution in [0.15, 0.2) is 36.7 Å². The van der Waals surface area contributed by atoms with E-state index in [1.165, 1.54) is 13.3 Å². The maximum Gasteiger partial charge on any atom is 0.436 e. The summed E-state index contributed by atoms with van der Waals surface area (Å²) in [5.74, 6) is -0.646. The molecule has 1 aliphatic rings. The molecule has 1 saturated carbocycles. The zero-order chi connectivity index (χ0) is 21.5. The van der Waals surface area contributed by atoms with Gasteiger partial charge in [-0.2, -0.15) is 18.3 Å². The van der Waals surface area contributed by atoms with Crippen LogP contribution < -0.4 is 5.32 Å². The molecular weight excluding hydrogens is 421 g/mol. The van der Waals surface area contributed by atoms with E-state index in [9.17, 15) is 18.0 Å². The monoisotopic (exact) mass is 438 g/mol. The Bertz CT molecular complexity index is 1060. The molecule has 1 amide bonds. The van der Waals surface area contributed by atoms with Crippen molar-refractivity contribution in [2.75, 3.05) is 5.32 Å². The van der Waals surface area contributed by atoms with Crippen molar-refractivity contribution in [1.82, 2.24) is 24.5 Å². The molecule has 2 aromatic heterocycles. The third-order valence-electron chi connectivity index (χ3n) is 4.83. The molecular formula is C19H18ClF3N6O. The van der Waals surface area contributed by atoms with Crippen LogP contribution in [0.1, 0.15) is 48.7 Å². The van der Waals surface area contributed by atoms with Gasteiger partial charge < -0.3 is 0 Å². The lowest BCUT2D eigenvalue weighted by Gasteiger charge is -2.14. The van der Waals surface area contributed by atoms with Gasteiger partial charge in [0.05, 0.1) is 17.3 Å². The topological polar surface area (TPSA) is 77.6 Å². The summed E-state index contributed by atoms with van der Waals surface area (Å²) in [5, 5.41) is 9.91. The zero-order valence-corrected chi connectivity index (χ0v) is 16.7. The fraction of sp³-hybridized carbons (Fsp3) is 0.368. The molecule has 7 nitrogen and oxygen atoms in total. The number of benzene rings is 1. The number of hydrogen-bond acceptors (Lipinski definition) is 4. The number of hydrogen-bond donors (Lipinski definition) is 1. The number of carbonyl (C=O) groups excluding carboxylic acids is 1. The van der Waals surface area contributed by atoms with Gasteiger partial charge in [0.25, 0.3) is 5.91 Å². The second-order valence-electron chi connectivity index (χ2n) is 7.18. The van der Waals surface area contributed by atoms with Crippen molar-refractivity contribution >= 4 is 23.5 Å². The summed E-state index contributed by atoms with van der Waals surface area (Å²) in [5.41, 5.74) is 0.0822. The van der Waals surface area contributed by atoms with Gasteiger partial charge >= 0.3 is 6.18 Å². The molecule has 1 fully saturated rings. The highest BCUT2D eigenvalue weighted by Crippen LogP contribution is 2.47. The van der Waals surface area contributed by atoms with E-state index >= 15 is 0 Å². The van der Waals surface area contributed by atoms with Gasteiger partial charge in [0.2, 0.25) is 5.95 Å². The number of nitrogens with zero attached hydrogens (tertiary/aromatic N) is 5. The van der Waals surface area contributed by atoms with E-state index in [0.29, 0.717) is 19.4 Å². The summed E-state index contributed by atoms with van der Waals surface area (Å²) in [7, 11) is 0. The number of nitrogens with one attached hydrogen (secondary N) is 1. The minimum absolute atomic E-state index is 0.0602. The molecule has 4 rings (SSSR count). The summed E-state index contributed by atoms with van der Waals surface area (Å²) in [4.78, 5) is 16.7. The number of alkyl halides is 3. The molecule has 30 heavy (non-hydrogen) atoms. The molecule has 0 radical (unpaired) electrons. The Kier molecular flexibility index (Phi) is 5.27. The Morgan fingerprint density at radius 1 is 1.27 bits per heavy atom. The van der Waals surface area contributed by atoms with Gasteiger partial charge in [-0.1, -0.05) is 41.9 Å². The van der Waals surface area contributed by atoms with Crippen molar-refractivity contribution in [3.05, 3.63) is 58.6 Å². The Morgan fingerprint density at radius 2 is 1.97 bits per heavy atom. The SMILES string of the molecule is CC(C(=O)Nc1ncn(Cc2ccccc2)n1)n1nc(C(F)(F)F)c(Cl)c1C1CC1. The highest BCUT2D eigenvalue weighted by atomic mass is 35.5. The second kappa shape index (κ2) is 7.75. The minimum Gasteiger partial charge on any atom is -0.291 e. The van der Waals surface area contributed by atoms with Gasteiger partial charge in [-0.05, 0) is 25.3 Å². The molecule has 3 aromatic rings. The van der Waals surface area contributed by atoms with Crippen molar-refractivity contribution in [1.29, 1.82) is 0 Å². The summed E-state index contributed by atoms with van der Waals surface area (Å²) in [6.45, 7) is 1.93. The van der Waals surface area contributed by atoms with Crippen molar-refractivity contribution in [3.63, 3.8) is 0 Å². The summed E-state index contributed by atoms with van der Waals surface area (Å²) < 4.78 is 42.3. The number of amides is 1. The quantitative estimate of drug-likeness (QED) is 0.623. The van der Waals surface area contributed by atoms with Gasteiger partial charge in [-0.3, -0.25) is 14.8 Å². The molecule has 11 heteroatoms. The number of aromatic nitrogens is 5. The van der Waals surface area contributed by atoms with E-state index in [2.05, 4.69) is 20.5 Å². The predicted octanol–water partition coefficient (Wildman–Crippen LogP) is 4.27. The first-order chi connectivity index (χ1) is 14.2. The number of halogens is 4. The highest BCUT2D eigenvalue weighted by molar-refractivity contribution is 6.32. The Hall–Kier alpha value is -2.88. The van der Waals surface area contributed by atoms with E-state index < -0.39 is 28.8 Å². The third kappa shape index (κ3) is 4.18. The van der Waals surface area contributed by atoms with Crippen molar-refractivity contribution in [2.24, 2.45) is 0 Å². The van der Waals surface area contributed by atoms with Crippen LogP contribution in [0.2, 0.25) is 5.02 Å². The summed E-state index contributed by atoms with van der Waals surface area (Å²) in [6, 6.07) is 8.55. The lowest BCUT2D eigenvalue weighted by Crippen LogP contribution is -2.26. The molecule has 0 saturated heterocycles. The van der Waals surface area contributed by atoms with Gasteiger partial charge in [0.15, 0.2) is 5.69 Å². The minimum atomic E-state index is -4.69. The number of rotatable bonds is 6. The highest BCUT2D eigenvalue weighted by Gasteiger charge is 2.43. The van der Waals surface area contributed by atoms with E-state index in [0.717, 1.165) is 10.2 Å². The first-order valence-corrected chi connectivity index (χ1v) is 9.71. The van der Waals surface area contributed by atoms with Gasteiger partial charge in [-0.25, -0.2) is 9.67 Å². The molecule has 2 heterocycles. The maximum absolute atomic E-state index is 13.2. The molecule has 1 aromatic carbocycles. The zero-order valence-electron chi connectivity index (χ0n) is 15.9. The van der Waals surface area contributed by atoms with Crippen LogP contribution in [0.4, 0.5) is 19.1 Å². The fourth-order valence-electron chi connectivity index (χ4n) is 3.15. The molecule has 0 aliphatic heterocycles. The fourth-order valence-corrected chi connectivity index (χ4v) is 3.54. The van der Waals surface area contributed by atoms with Crippen LogP contribution in [0.25, 0.3) is 0 Å². The van der Waals surface area contributed by atoms with Gasteiger partial charge in [0, 0.05) is 5.92 Å². The third-order valence-corrected chi connectivity index (χ3v) is 5.20. The average Bonchev–Trinajstić information content (AvgIpc) is 3.33. The maximum atomic E-state index is 13.2. The second-order valence-corrected chi connectivity index (χ2v) is 7.56. The molecule has 0 spiro atoms. The smallest absolute Gasteiger partial charge is 0.291 e. The van der Waals surface area contributed by atoms with Gasteiger partial charge in [-0.15, -0.1) is 5.10 Å². The molecule has 1 unspecified atom stereocenters. The summed E-state index contributed by atoms with van der Waals surface area (Å²) in [6.07, 6.45) is -1.81. The summed E-state index contributed by atoms with van der Waals surface area (Å²) >= 11 is 5.98. The molecule has 1 N–H and O–H groups in total. The van der Waals surface area contributed by atoms with E-state index in [1.54, 1.807) is 4.68 Å². The molecule has 1 aliphatic carbocycles.